The van der Waals surface area contributed by atoms with Gasteiger partial charge in [-0.1, -0.05) is 6.92 Å². The second-order valence-electron chi connectivity index (χ2n) is 3.62. The van der Waals surface area contributed by atoms with Crippen molar-refractivity contribution in [1.82, 2.24) is 15.3 Å². The van der Waals surface area contributed by atoms with Gasteiger partial charge in [0.2, 0.25) is 0 Å². The van der Waals surface area contributed by atoms with Gasteiger partial charge in [-0.25, -0.2) is 4.98 Å². The number of imidazole rings is 1. The molecule has 0 aliphatic carbocycles. The van der Waals surface area contributed by atoms with E-state index in [4.69, 9.17) is 0 Å². The Labute approximate surface area is 80.0 Å². The number of nitrogens with zero attached hydrogens (tertiary/aromatic N) is 1. The van der Waals surface area contributed by atoms with E-state index in [0.29, 0.717) is 0 Å². The minimum absolute atomic E-state index is 0.733. The fourth-order valence-corrected chi connectivity index (χ4v) is 1.49. The third-order valence-corrected chi connectivity index (χ3v) is 2.24. The molecule has 0 saturated heterocycles. The Morgan fingerprint density at radius 3 is 3.08 bits per heavy atom. The van der Waals surface area contributed by atoms with Crippen LogP contribution in [0.5, 0.6) is 0 Å². The van der Waals surface area contributed by atoms with E-state index in [1.54, 1.807) is 6.33 Å². The molecule has 0 aliphatic rings. The molecule has 0 fully saturated rings. The summed E-state index contributed by atoms with van der Waals surface area (Å²) in [6.07, 6.45) is 7.34. The van der Waals surface area contributed by atoms with Gasteiger partial charge in [-0.3, -0.25) is 0 Å². The smallest absolute Gasteiger partial charge is 0.0923 e. The second-order valence-corrected chi connectivity index (χ2v) is 3.62. The first-order valence-electron chi connectivity index (χ1n) is 4.95. The van der Waals surface area contributed by atoms with E-state index in [0.717, 1.165) is 18.9 Å². The van der Waals surface area contributed by atoms with E-state index >= 15 is 0 Å². The van der Waals surface area contributed by atoms with Crippen LogP contribution in [0.4, 0.5) is 0 Å². The van der Waals surface area contributed by atoms with Crippen LogP contribution in [0.2, 0.25) is 0 Å². The van der Waals surface area contributed by atoms with Crippen LogP contribution in [0.15, 0.2) is 12.5 Å². The molecule has 0 aliphatic heterocycles. The van der Waals surface area contributed by atoms with E-state index < -0.39 is 0 Å². The molecule has 0 bridgehead atoms. The predicted octanol–water partition coefficient (Wildman–Crippen LogP) is 1.59. The number of aromatic amines is 1. The summed E-state index contributed by atoms with van der Waals surface area (Å²) in [6.45, 7) is 3.40. The van der Waals surface area contributed by atoms with Crippen LogP contribution in [0.1, 0.15) is 25.5 Å². The molecule has 3 heteroatoms. The predicted molar refractivity (Wildman–Crippen MR) is 54.6 cm³/mol. The largest absolute Gasteiger partial charge is 0.351 e. The summed E-state index contributed by atoms with van der Waals surface area (Å²) in [7, 11) is 2.00. The summed E-state index contributed by atoms with van der Waals surface area (Å²) in [6, 6.07) is 0. The van der Waals surface area contributed by atoms with Crippen LogP contribution in [-0.2, 0) is 6.42 Å². The van der Waals surface area contributed by atoms with E-state index in [-0.39, 0.29) is 0 Å². The van der Waals surface area contributed by atoms with Crippen molar-refractivity contribution in [3.63, 3.8) is 0 Å². The van der Waals surface area contributed by atoms with Crippen molar-refractivity contribution >= 4 is 0 Å². The van der Waals surface area contributed by atoms with Crippen molar-refractivity contribution in [1.29, 1.82) is 0 Å². The lowest BCUT2D eigenvalue weighted by Gasteiger charge is -2.08. The summed E-state index contributed by atoms with van der Waals surface area (Å²) in [5.41, 5.74) is 1.18. The molecule has 3 nitrogen and oxygen atoms in total. The van der Waals surface area contributed by atoms with Crippen molar-refractivity contribution in [3.8, 4) is 0 Å². The molecule has 0 aromatic carbocycles. The molecular formula is C10H19N3. The highest BCUT2D eigenvalue weighted by molar-refractivity contribution is 4.95. The highest BCUT2D eigenvalue weighted by atomic mass is 14.9. The maximum atomic E-state index is 4.21. The van der Waals surface area contributed by atoms with Crippen molar-refractivity contribution < 1.29 is 0 Å². The van der Waals surface area contributed by atoms with Gasteiger partial charge >= 0.3 is 0 Å². The molecule has 1 atom stereocenters. The molecule has 0 spiro atoms. The van der Waals surface area contributed by atoms with E-state index in [2.05, 4.69) is 22.2 Å². The zero-order chi connectivity index (χ0) is 9.52. The summed E-state index contributed by atoms with van der Waals surface area (Å²) < 4.78 is 0. The van der Waals surface area contributed by atoms with Gasteiger partial charge in [-0.05, 0) is 38.8 Å². The van der Waals surface area contributed by atoms with Gasteiger partial charge in [0, 0.05) is 6.20 Å². The third kappa shape index (κ3) is 4.08. The van der Waals surface area contributed by atoms with E-state index in [1.165, 1.54) is 18.5 Å². The lowest BCUT2D eigenvalue weighted by molar-refractivity contribution is 0.496. The summed E-state index contributed by atoms with van der Waals surface area (Å²) in [5.74, 6) is 0.733. The highest BCUT2D eigenvalue weighted by Crippen LogP contribution is 2.10. The molecule has 1 rings (SSSR count). The molecular weight excluding hydrogens is 162 g/mol. The maximum absolute atomic E-state index is 4.21. The van der Waals surface area contributed by atoms with Crippen LogP contribution in [-0.4, -0.2) is 23.6 Å². The molecule has 0 radical (unpaired) electrons. The Morgan fingerprint density at radius 1 is 1.62 bits per heavy atom. The Morgan fingerprint density at radius 2 is 2.46 bits per heavy atom. The maximum Gasteiger partial charge on any atom is 0.0923 e. The minimum atomic E-state index is 0.733. The normalized spacial score (nSPS) is 13.1. The summed E-state index contributed by atoms with van der Waals surface area (Å²) >= 11 is 0. The molecule has 1 unspecified atom stereocenters. The Hall–Kier alpha value is -0.830. The van der Waals surface area contributed by atoms with Crippen molar-refractivity contribution in [2.75, 3.05) is 13.6 Å². The number of aromatic nitrogens is 2. The van der Waals surface area contributed by atoms with Gasteiger partial charge in [0.15, 0.2) is 0 Å². The lowest BCUT2D eigenvalue weighted by atomic mass is 10.0. The van der Waals surface area contributed by atoms with Gasteiger partial charge in [0.1, 0.15) is 0 Å². The number of hydrogen-bond donors (Lipinski definition) is 2. The van der Waals surface area contributed by atoms with Gasteiger partial charge in [-0.15, -0.1) is 0 Å². The van der Waals surface area contributed by atoms with Crippen LogP contribution < -0.4 is 5.32 Å². The fraction of sp³-hybridized carbons (Fsp3) is 0.700. The first kappa shape index (κ1) is 10.3. The summed E-state index contributed by atoms with van der Waals surface area (Å²) in [4.78, 5) is 7.19. The molecule has 1 heterocycles. The number of hydrogen-bond acceptors (Lipinski definition) is 2. The van der Waals surface area contributed by atoms with Crippen molar-refractivity contribution in [2.45, 2.75) is 26.2 Å². The number of rotatable bonds is 6. The minimum Gasteiger partial charge on any atom is -0.351 e. The molecule has 13 heavy (non-hydrogen) atoms. The van der Waals surface area contributed by atoms with Gasteiger partial charge in [0.25, 0.3) is 0 Å². The van der Waals surface area contributed by atoms with Crippen LogP contribution >= 0.6 is 0 Å². The third-order valence-electron chi connectivity index (χ3n) is 2.24. The topological polar surface area (TPSA) is 40.7 Å². The van der Waals surface area contributed by atoms with Gasteiger partial charge in [-0.2, -0.15) is 0 Å². The second kappa shape index (κ2) is 5.75. The standard InChI is InChI=1S/C10H19N3/c1-9(4-3-5-11-2)6-10-7-12-8-13-10/h7-9,11H,3-6H2,1-2H3,(H,12,13). The van der Waals surface area contributed by atoms with E-state index in [9.17, 15) is 0 Å². The average molecular weight is 181 g/mol. The van der Waals surface area contributed by atoms with Crippen LogP contribution in [0.3, 0.4) is 0 Å². The lowest BCUT2D eigenvalue weighted by Crippen LogP contribution is -2.10. The number of nitrogens with one attached hydrogen (secondary N) is 2. The van der Waals surface area contributed by atoms with Crippen LogP contribution in [0, 0.1) is 5.92 Å². The van der Waals surface area contributed by atoms with Crippen molar-refractivity contribution in [3.05, 3.63) is 18.2 Å². The van der Waals surface area contributed by atoms with Crippen LogP contribution in [0.25, 0.3) is 0 Å². The number of H-pyrrole nitrogens is 1. The van der Waals surface area contributed by atoms with Gasteiger partial charge in [0.05, 0.1) is 12.0 Å². The van der Waals surface area contributed by atoms with Crippen molar-refractivity contribution in [2.24, 2.45) is 5.92 Å². The molecule has 0 saturated carbocycles. The van der Waals surface area contributed by atoms with E-state index in [1.807, 2.05) is 13.2 Å². The molecule has 0 amide bonds. The fourth-order valence-electron chi connectivity index (χ4n) is 1.49. The quantitative estimate of drug-likeness (QED) is 0.654. The Bertz CT molecular complexity index is 206. The zero-order valence-corrected chi connectivity index (χ0v) is 8.51. The molecule has 2 N–H and O–H groups in total. The average Bonchev–Trinajstić information content (AvgIpc) is 2.57. The summed E-state index contributed by atoms with van der Waals surface area (Å²) in [5, 5.41) is 3.16. The SMILES string of the molecule is CNCCCC(C)Cc1c[nH]cn1. The Kier molecular flexibility index (Phi) is 4.54. The molecule has 74 valence electrons. The molecule has 1 aromatic rings. The zero-order valence-electron chi connectivity index (χ0n) is 8.51. The molecule has 1 aromatic heterocycles. The Balaban J connectivity index is 2.14. The van der Waals surface area contributed by atoms with Gasteiger partial charge < -0.3 is 10.3 Å². The highest BCUT2D eigenvalue weighted by Gasteiger charge is 2.04. The monoisotopic (exact) mass is 181 g/mol. The first-order valence-corrected chi connectivity index (χ1v) is 4.95. The first-order chi connectivity index (χ1) is 6.33.